The van der Waals surface area contributed by atoms with Crippen molar-refractivity contribution < 1.29 is 0 Å². The van der Waals surface area contributed by atoms with Gasteiger partial charge in [0, 0.05) is 0 Å². The van der Waals surface area contributed by atoms with Gasteiger partial charge < -0.3 is 0 Å². The molecule has 1 unspecified atom stereocenters. The van der Waals surface area contributed by atoms with Gasteiger partial charge in [0.1, 0.15) is 0 Å². The zero-order valence-corrected chi connectivity index (χ0v) is 14.6. The number of nitrogens with zero attached hydrogens (tertiary/aromatic N) is 1. The first-order valence-electron chi connectivity index (χ1n) is 9.04. The third-order valence-electron chi connectivity index (χ3n) is 5.45. The Balaban J connectivity index is 2.08. The van der Waals surface area contributed by atoms with Gasteiger partial charge >= 0.3 is 0 Å². The number of allylic oxidation sites excluding steroid dienone is 3. The number of piperidine rings is 1. The van der Waals surface area contributed by atoms with Crippen LogP contribution in [0.4, 0.5) is 0 Å². The Bertz CT molecular complexity index is 615. The predicted molar refractivity (Wildman–Crippen MR) is 99.5 cm³/mol. The Morgan fingerprint density at radius 1 is 1.13 bits per heavy atom. The fraction of sp³-hybridized carbons (Fsp3) is 0.455. The highest BCUT2D eigenvalue weighted by Crippen LogP contribution is 2.40. The molecular weight excluding hydrogens is 278 g/mol. The van der Waals surface area contributed by atoms with Crippen LogP contribution in [0.1, 0.15) is 50.3 Å². The number of hydrogen-bond acceptors (Lipinski definition) is 1. The minimum absolute atomic E-state index is 0.394. The van der Waals surface area contributed by atoms with Crippen molar-refractivity contribution >= 4 is 0 Å². The largest absolute Gasteiger partial charge is 0.292 e. The van der Waals surface area contributed by atoms with Gasteiger partial charge in [0.25, 0.3) is 0 Å². The van der Waals surface area contributed by atoms with Gasteiger partial charge in [-0.1, -0.05) is 56.0 Å². The molecule has 1 fully saturated rings. The second-order valence-corrected chi connectivity index (χ2v) is 7.00. The molecule has 23 heavy (non-hydrogen) atoms. The lowest BCUT2D eigenvalue weighted by molar-refractivity contribution is 0.157. The molecule has 1 aliphatic heterocycles. The smallest absolute Gasteiger partial charge is 0.0607 e. The summed E-state index contributed by atoms with van der Waals surface area (Å²) in [6.45, 7) is 11.0. The third kappa shape index (κ3) is 3.35. The van der Waals surface area contributed by atoms with Crippen molar-refractivity contribution in [2.24, 2.45) is 5.92 Å². The van der Waals surface area contributed by atoms with Crippen molar-refractivity contribution in [1.29, 1.82) is 0 Å². The van der Waals surface area contributed by atoms with Crippen molar-refractivity contribution in [3.8, 4) is 0 Å². The van der Waals surface area contributed by atoms with Crippen LogP contribution in [0.25, 0.3) is 0 Å². The predicted octanol–water partition coefficient (Wildman–Crippen LogP) is 5.46. The lowest BCUT2D eigenvalue weighted by Gasteiger charge is -2.38. The van der Waals surface area contributed by atoms with E-state index in [2.05, 4.69) is 67.8 Å². The van der Waals surface area contributed by atoms with Gasteiger partial charge in [-0.2, -0.15) is 0 Å². The molecule has 0 bridgehead atoms. The minimum atomic E-state index is 0.394. The van der Waals surface area contributed by atoms with Gasteiger partial charge in [0.15, 0.2) is 0 Å². The number of aryl methyl sites for hydroxylation is 1. The summed E-state index contributed by atoms with van der Waals surface area (Å²) in [6, 6.07) is 9.43. The number of likely N-dealkylation sites (tertiary alicyclic amines) is 1. The maximum absolute atomic E-state index is 4.10. The summed E-state index contributed by atoms with van der Waals surface area (Å²) in [4.78, 5) is 2.70. The Morgan fingerprint density at radius 3 is 2.57 bits per heavy atom. The number of hydrogen-bond donors (Lipinski definition) is 0. The molecule has 3 rings (SSSR count). The molecule has 1 aliphatic carbocycles. The molecule has 1 saturated heterocycles. The highest BCUT2D eigenvalue weighted by Gasteiger charge is 2.30. The molecule has 0 amide bonds. The van der Waals surface area contributed by atoms with Crippen LogP contribution >= 0.6 is 0 Å². The van der Waals surface area contributed by atoms with E-state index >= 15 is 0 Å². The van der Waals surface area contributed by atoms with Crippen molar-refractivity contribution in [3.63, 3.8) is 0 Å². The van der Waals surface area contributed by atoms with E-state index in [9.17, 15) is 0 Å². The van der Waals surface area contributed by atoms with Gasteiger partial charge in [-0.3, -0.25) is 4.90 Å². The van der Waals surface area contributed by atoms with Gasteiger partial charge in [-0.25, -0.2) is 0 Å². The van der Waals surface area contributed by atoms with E-state index in [1.54, 1.807) is 0 Å². The second kappa shape index (κ2) is 7.31. The zero-order chi connectivity index (χ0) is 16.2. The summed E-state index contributed by atoms with van der Waals surface area (Å²) in [5.41, 5.74) is 5.90. The molecule has 1 atom stereocenters. The van der Waals surface area contributed by atoms with Gasteiger partial charge in [0.2, 0.25) is 0 Å². The Labute approximate surface area is 141 Å². The molecule has 0 radical (unpaired) electrons. The van der Waals surface area contributed by atoms with Gasteiger partial charge in [-0.15, -0.1) is 0 Å². The molecule has 1 heteroatoms. The third-order valence-corrected chi connectivity index (χ3v) is 5.45. The first-order valence-corrected chi connectivity index (χ1v) is 9.04. The fourth-order valence-electron chi connectivity index (χ4n) is 4.06. The summed E-state index contributed by atoms with van der Waals surface area (Å²) in [7, 11) is 0. The van der Waals surface area contributed by atoms with Gasteiger partial charge in [0.05, 0.1) is 6.04 Å². The summed E-state index contributed by atoms with van der Waals surface area (Å²) < 4.78 is 0. The average Bonchev–Trinajstić information content (AvgIpc) is 2.73. The van der Waals surface area contributed by atoms with Crippen LogP contribution in [0.2, 0.25) is 0 Å². The monoisotopic (exact) mass is 307 g/mol. The molecule has 0 saturated carbocycles. The van der Waals surface area contributed by atoms with Crippen LogP contribution in [0.5, 0.6) is 0 Å². The average molecular weight is 307 g/mol. The molecule has 0 N–H and O–H groups in total. The summed E-state index contributed by atoms with van der Waals surface area (Å²) in [6.07, 6.45) is 11.4. The topological polar surface area (TPSA) is 3.24 Å². The molecule has 122 valence electrons. The highest BCUT2D eigenvalue weighted by atomic mass is 15.2. The van der Waals surface area contributed by atoms with Crippen LogP contribution in [-0.4, -0.2) is 18.0 Å². The molecule has 1 aromatic carbocycles. The quantitative estimate of drug-likeness (QED) is 0.716. The standard InChI is InChI=1S/C22H29N/c1-4-8-20-18(5-2)11-12-19-9-6-7-10-21(19)22(20)23-15-13-17(3)14-16-23/h4-10,17,22H,2,11-16H2,1,3H3/b8-4-. The van der Waals surface area contributed by atoms with Crippen LogP contribution < -0.4 is 0 Å². The zero-order valence-electron chi connectivity index (χ0n) is 14.6. The SMILES string of the molecule is C=CC1=C(/C=C\C)C(N2CCC(C)CC2)c2ccccc2CC1. The minimum Gasteiger partial charge on any atom is -0.292 e. The molecule has 0 spiro atoms. The Kier molecular flexibility index (Phi) is 5.17. The van der Waals surface area contributed by atoms with E-state index in [0.29, 0.717) is 6.04 Å². The summed E-state index contributed by atoms with van der Waals surface area (Å²) in [5.74, 6) is 0.861. The van der Waals surface area contributed by atoms with E-state index in [1.165, 1.54) is 48.2 Å². The molecule has 0 aromatic heterocycles. The van der Waals surface area contributed by atoms with Crippen molar-refractivity contribution in [2.75, 3.05) is 13.1 Å². The number of fused-ring (bicyclic) bond motifs is 1. The fourth-order valence-corrected chi connectivity index (χ4v) is 4.06. The van der Waals surface area contributed by atoms with Crippen LogP contribution in [0.3, 0.4) is 0 Å². The molecular formula is C22H29N. The van der Waals surface area contributed by atoms with E-state index in [-0.39, 0.29) is 0 Å². The first kappa shape index (κ1) is 16.3. The maximum Gasteiger partial charge on any atom is 0.0607 e. The van der Waals surface area contributed by atoms with Crippen LogP contribution in [0.15, 0.2) is 60.2 Å². The van der Waals surface area contributed by atoms with Crippen molar-refractivity contribution in [3.05, 3.63) is 71.3 Å². The van der Waals surface area contributed by atoms with E-state index < -0.39 is 0 Å². The lowest BCUT2D eigenvalue weighted by Crippen LogP contribution is -2.37. The maximum atomic E-state index is 4.10. The molecule has 2 aliphatic rings. The Hall–Kier alpha value is -1.60. The lowest BCUT2D eigenvalue weighted by atomic mass is 9.89. The summed E-state index contributed by atoms with van der Waals surface area (Å²) >= 11 is 0. The highest BCUT2D eigenvalue weighted by molar-refractivity contribution is 5.47. The number of rotatable bonds is 3. The van der Waals surface area contributed by atoms with E-state index in [1.807, 2.05) is 0 Å². The summed E-state index contributed by atoms with van der Waals surface area (Å²) in [5, 5.41) is 0. The van der Waals surface area contributed by atoms with Crippen LogP contribution in [0, 0.1) is 5.92 Å². The second-order valence-electron chi connectivity index (χ2n) is 7.00. The molecule has 1 nitrogen and oxygen atoms in total. The van der Waals surface area contributed by atoms with E-state index in [0.717, 1.165) is 18.8 Å². The number of benzene rings is 1. The van der Waals surface area contributed by atoms with Gasteiger partial charge in [-0.05, 0) is 73.9 Å². The van der Waals surface area contributed by atoms with Crippen molar-refractivity contribution in [2.45, 2.75) is 45.6 Å². The van der Waals surface area contributed by atoms with Crippen molar-refractivity contribution in [1.82, 2.24) is 4.90 Å². The normalized spacial score (nSPS) is 23.8. The Morgan fingerprint density at radius 2 is 1.87 bits per heavy atom. The molecule has 1 heterocycles. The molecule has 1 aromatic rings. The first-order chi connectivity index (χ1) is 11.2. The van der Waals surface area contributed by atoms with E-state index in [4.69, 9.17) is 0 Å². The van der Waals surface area contributed by atoms with Crippen LogP contribution in [-0.2, 0) is 6.42 Å².